The van der Waals surface area contributed by atoms with Crippen LogP contribution in [0.25, 0.3) is 0 Å². The molecular weight excluding hydrogens is 295 g/mol. The highest BCUT2D eigenvalue weighted by Gasteiger charge is 2.21. The van der Waals surface area contributed by atoms with Crippen molar-refractivity contribution in [3.8, 4) is 0 Å². The van der Waals surface area contributed by atoms with Crippen LogP contribution in [-0.4, -0.2) is 21.0 Å². The minimum atomic E-state index is -3.63. The lowest BCUT2D eigenvalue weighted by atomic mass is 10.1. The van der Waals surface area contributed by atoms with Crippen LogP contribution in [0.15, 0.2) is 23.1 Å². The average molecular weight is 311 g/mol. The van der Waals surface area contributed by atoms with Crippen molar-refractivity contribution in [2.45, 2.75) is 24.8 Å². The van der Waals surface area contributed by atoms with Crippen LogP contribution in [0.2, 0.25) is 10.0 Å². The fourth-order valence-corrected chi connectivity index (χ4v) is 3.15. The monoisotopic (exact) mass is 310 g/mol. The van der Waals surface area contributed by atoms with E-state index >= 15 is 0 Å². The van der Waals surface area contributed by atoms with E-state index in [0.717, 1.165) is 0 Å². The van der Waals surface area contributed by atoms with E-state index in [1.54, 1.807) is 0 Å². The SMILES string of the molecule is CC(C)C(CN)NS(=O)(=O)c1ccc(Cl)c(Cl)c1. The van der Waals surface area contributed by atoms with Gasteiger partial charge in [-0.1, -0.05) is 37.0 Å². The van der Waals surface area contributed by atoms with Gasteiger partial charge in [-0.2, -0.15) is 0 Å². The molecule has 0 fully saturated rings. The molecule has 1 aromatic carbocycles. The Morgan fingerprint density at radius 2 is 1.89 bits per heavy atom. The van der Waals surface area contributed by atoms with E-state index in [0.29, 0.717) is 5.02 Å². The molecule has 0 aliphatic rings. The zero-order valence-corrected chi connectivity index (χ0v) is 12.5. The van der Waals surface area contributed by atoms with E-state index in [-0.39, 0.29) is 28.4 Å². The summed E-state index contributed by atoms with van der Waals surface area (Å²) in [7, 11) is -3.63. The van der Waals surface area contributed by atoms with Gasteiger partial charge >= 0.3 is 0 Å². The highest BCUT2D eigenvalue weighted by atomic mass is 35.5. The molecular formula is C11H16Cl2N2O2S. The van der Waals surface area contributed by atoms with Crippen molar-refractivity contribution in [3.05, 3.63) is 28.2 Å². The van der Waals surface area contributed by atoms with Crippen LogP contribution in [0.1, 0.15) is 13.8 Å². The third-order valence-corrected chi connectivity index (χ3v) is 4.79. The van der Waals surface area contributed by atoms with Gasteiger partial charge in [0.15, 0.2) is 0 Å². The Morgan fingerprint density at radius 3 is 2.33 bits per heavy atom. The van der Waals surface area contributed by atoms with Crippen molar-refractivity contribution in [2.24, 2.45) is 11.7 Å². The summed E-state index contributed by atoms with van der Waals surface area (Å²) in [4.78, 5) is 0.0796. The average Bonchev–Trinajstić information content (AvgIpc) is 2.29. The van der Waals surface area contributed by atoms with Crippen LogP contribution in [-0.2, 0) is 10.0 Å². The highest BCUT2D eigenvalue weighted by molar-refractivity contribution is 7.89. The van der Waals surface area contributed by atoms with Crippen LogP contribution in [0.4, 0.5) is 0 Å². The molecule has 4 nitrogen and oxygen atoms in total. The van der Waals surface area contributed by atoms with Gasteiger partial charge in [0.05, 0.1) is 14.9 Å². The van der Waals surface area contributed by atoms with Crippen molar-refractivity contribution in [1.82, 2.24) is 4.72 Å². The maximum absolute atomic E-state index is 12.1. The predicted octanol–water partition coefficient (Wildman–Crippen LogP) is 2.26. The molecule has 0 saturated heterocycles. The summed E-state index contributed by atoms with van der Waals surface area (Å²) in [5.74, 6) is 0.104. The number of hydrogen-bond acceptors (Lipinski definition) is 3. The van der Waals surface area contributed by atoms with Gasteiger partial charge < -0.3 is 5.73 Å². The Balaban J connectivity index is 3.02. The van der Waals surface area contributed by atoms with Crippen molar-refractivity contribution < 1.29 is 8.42 Å². The molecule has 0 saturated carbocycles. The Bertz CT molecular complexity index is 518. The molecule has 0 spiro atoms. The molecule has 102 valence electrons. The van der Waals surface area contributed by atoms with E-state index in [1.165, 1.54) is 18.2 Å². The first kappa shape index (κ1) is 15.7. The Morgan fingerprint density at radius 1 is 1.28 bits per heavy atom. The topological polar surface area (TPSA) is 72.2 Å². The van der Waals surface area contributed by atoms with Gasteiger partial charge in [0.25, 0.3) is 0 Å². The zero-order valence-electron chi connectivity index (χ0n) is 10.2. The number of nitrogens with two attached hydrogens (primary N) is 1. The Kier molecular flexibility index (Phi) is 5.43. The van der Waals surface area contributed by atoms with Gasteiger partial charge in [0.1, 0.15) is 0 Å². The van der Waals surface area contributed by atoms with E-state index in [2.05, 4.69) is 4.72 Å². The number of hydrogen-bond donors (Lipinski definition) is 2. The van der Waals surface area contributed by atoms with Gasteiger partial charge in [-0.25, -0.2) is 13.1 Å². The van der Waals surface area contributed by atoms with Gasteiger partial charge in [0, 0.05) is 12.6 Å². The first-order valence-corrected chi connectivity index (χ1v) is 7.69. The normalized spacial score (nSPS) is 13.9. The molecule has 7 heteroatoms. The quantitative estimate of drug-likeness (QED) is 0.876. The maximum atomic E-state index is 12.1. The van der Waals surface area contributed by atoms with Crippen LogP contribution >= 0.6 is 23.2 Å². The van der Waals surface area contributed by atoms with Crippen LogP contribution in [0.5, 0.6) is 0 Å². The maximum Gasteiger partial charge on any atom is 0.240 e. The Labute approximate surface area is 118 Å². The minimum absolute atomic E-state index is 0.0796. The molecule has 0 aliphatic heterocycles. The summed E-state index contributed by atoms with van der Waals surface area (Å²) in [6.07, 6.45) is 0. The van der Waals surface area contributed by atoms with E-state index in [4.69, 9.17) is 28.9 Å². The van der Waals surface area contributed by atoms with Crippen molar-refractivity contribution >= 4 is 33.2 Å². The van der Waals surface area contributed by atoms with Crippen LogP contribution in [0, 0.1) is 5.92 Å². The van der Waals surface area contributed by atoms with Crippen molar-refractivity contribution in [2.75, 3.05) is 6.54 Å². The smallest absolute Gasteiger partial charge is 0.240 e. The largest absolute Gasteiger partial charge is 0.329 e. The molecule has 3 N–H and O–H groups in total. The standard InChI is InChI=1S/C11H16Cl2N2O2S/c1-7(2)11(6-14)15-18(16,17)8-3-4-9(12)10(13)5-8/h3-5,7,11,15H,6,14H2,1-2H3. The lowest BCUT2D eigenvalue weighted by Gasteiger charge is -2.20. The molecule has 1 rings (SSSR count). The third kappa shape index (κ3) is 3.83. The van der Waals surface area contributed by atoms with Crippen molar-refractivity contribution in [3.63, 3.8) is 0 Å². The molecule has 0 radical (unpaired) electrons. The summed E-state index contributed by atoms with van der Waals surface area (Å²) in [5, 5.41) is 0.517. The van der Waals surface area contributed by atoms with E-state index < -0.39 is 10.0 Å². The minimum Gasteiger partial charge on any atom is -0.329 e. The second-order valence-electron chi connectivity index (χ2n) is 4.28. The number of benzene rings is 1. The molecule has 1 atom stereocenters. The lowest BCUT2D eigenvalue weighted by molar-refractivity contribution is 0.455. The summed E-state index contributed by atoms with van der Waals surface area (Å²) < 4.78 is 26.8. The molecule has 0 aliphatic carbocycles. The van der Waals surface area contributed by atoms with E-state index in [9.17, 15) is 8.42 Å². The molecule has 0 aromatic heterocycles. The molecule has 18 heavy (non-hydrogen) atoms. The summed E-state index contributed by atoms with van der Waals surface area (Å²) in [6.45, 7) is 4.03. The first-order valence-electron chi connectivity index (χ1n) is 5.45. The second kappa shape index (κ2) is 6.21. The van der Waals surface area contributed by atoms with Gasteiger partial charge in [0.2, 0.25) is 10.0 Å². The molecule has 1 unspecified atom stereocenters. The predicted molar refractivity (Wildman–Crippen MR) is 74.5 cm³/mol. The fourth-order valence-electron chi connectivity index (χ4n) is 1.37. The summed E-state index contributed by atoms with van der Waals surface area (Å²) in [6, 6.07) is 3.86. The molecule has 0 heterocycles. The lowest BCUT2D eigenvalue weighted by Crippen LogP contribution is -2.43. The second-order valence-corrected chi connectivity index (χ2v) is 6.81. The molecule has 0 amide bonds. The van der Waals surface area contributed by atoms with Crippen molar-refractivity contribution in [1.29, 1.82) is 0 Å². The highest BCUT2D eigenvalue weighted by Crippen LogP contribution is 2.25. The molecule has 1 aromatic rings. The van der Waals surface area contributed by atoms with Crippen LogP contribution < -0.4 is 10.5 Å². The third-order valence-electron chi connectivity index (χ3n) is 2.57. The molecule has 0 bridgehead atoms. The van der Waals surface area contributed by atoms with Gasteiger partial charge in [-0.3, -0.25) is 0 Å². The number of rotatable bonds is 5. The number of halogens is 2. The summed E-state index contributed by atoms with van der Waals surface area (Å²) >= 11 is 11.6. The fraction of sp³-hybridized carbons (Fsp3) is 0.455. The van der Waals surface area contributed by atoms with E-state index in [1.807, 2.05) is 13.8 Å². The first-order chi connectivity index (χ1) is 8.27. The number of nitrogens with one attached hydrogen (secondary N) is 1. The van der Waals surface area contributed by atoms with Gasteiger partial charge in [-0.05, 0) is 24.1 Å². The number of sulfonamides is 1. The van der Waals surface area contributed by atoms with Crippen LogP contribution in [0.3, 0.4) is 0 Å². The zero-order chi connectivity index (χ0) is 13.9. The summed E-state index contributed by atoms with van der Waals surface area (Å²) in [5.41, 5.74) is 5.54. The Hall–Kier alpha value is -0.330. The van der Waals surface area contributed by atoms with Gasteiger partial charge in [-0.15, -0.1) is 0 Å².